The van der Waals surface area contributed by atoms with E-state index in [1.807, 2.05) is 5.38 Å². The lowest BCUT2D eigenvalue weighted by Crippen LogP contribution is -1.83. The fraction of sp³-hybridized carbons (Fsp3) is 0. The van der Waals surface area contributed by atoms with Gasteiger partial charge in [-0.1, -0.05) is 0 Å². The molecule has 0 unspecified atom stereocenters. The molecular weight excluding hydrogens is 241 g/mol. The maximum atomic E-state index is 13.0. The number of nitrogen functional groups attached to an aromatic ring is 1. The Labute approximate surface area is 81.1 Å². The van der Waals surface area contributed by atoms with E-state index in [2.05, 4.69) is 15.9 Å². The number of halogens is 2. The van der Waals surface area contributed by atoms with Crippen molar-refractivity contribution in [3.63, 3.8) is 0 Å². The molecule has 0 saturated carbocycles. The van der Waals surface area contributed by atoms with Crippen molar-refractivity contribution in [3.05, 3.63) is 27.8 Å². The van der Waals surface area contributed by atoms with Crippen LogP contribution in [-0.4, -0.2) is 0 Å². The Morgan fingerprint density at radius 3 is 2.92 bits per heavy atom. The van der Waals surface area contributed by atoms with Crippen molar-refractivity contribution in [3.8, 4) is 0 Å². The monoisotopic (exact) mass is 245 g/mol. The summed E-state index contributed by atoms with van der Waals surface area (Å²) in [5.41, 5.74) is 6.29. The van der Waals surface area contributed by atoms with Crippen LogP contribution in [0.4, 0.5) is 10.1 Å². The molecule has 0 spiro atoms. The fourth-order valence-electron chi connectivity index (χ4n) is 1.09. The Bertz CT molecular complexity index is 438. The summed E-state index contributed by atoms with van der Waals surface area (Å²) >= 11 is 4.68. The number of benzene rings is 1. The third-order valence-corrected chi connectivity index (χ3v) is 3.40. The van der Waals surface area contributed by atoms with E-state index in [-0.39, 0.29) is 5.82 Å². The second-order valence-corrected chi connectivity index (χ2v) is 4.13. The lowest BCUT2D eigenvalue weighted by Gasteiger charge is -1.96. The number of nitrogens with two attached hydrogens (primary N) is 1. The number of fused-ring (bicyclic) bond motifs is 1. The Morgan fingerprint density at radius 1 is 1.42 bits per heavy atom. The van der Waals surface area contributed by atoms with Crippen LogP contribution in [0.2, 0.25) is 0 Å². The van der Waals surface area contributed by atoms with Crippen molar-refractivity contribution in [2.75, 3.05) is 5.73 Å². The first-order valence-corrected chi connectivity index (χ1v) is 4.98. The van der Waals surface area contributed by atoms with E-state index in [0.717, 1.165) is 10.1 Å². The Balaban J connectivity index is 2.96. The molecule has 12 heavy (non-hydrogen) atoms. The smallest absolute Gasteiger partial charge is 0.138 e. The standard InChI is InChI=1S/C8H5BrFNS/c9-8-4(10)1-2-6-7(8)5(11)3-12-6/h1-3H,11H2. The van der Waals surface area contributed by atoms with Crippen molar-refractivity contribution >= 4 is 43.0 Å². The fourth-order valence-corrected chi connectivity index (χ4v) is 2.65. The molecule has 0 bridgehead atoms. The third kappa shape index (κ3) is 1.03. The van der Waals surface area contributed by atoms with E-state index < -0.39 is 0 Å². The predicted octanol–water partition coefficient (Wildman–Crippen LogP) is 3.39. The maximum absolute atomic E-state index is 13.0. The van der Waals surface area contributed by atoms with Crippen LogP contribution in [0.15, 0.2) is 22.0 Å². The first-order chi connectivity index (χ1) is 5.70. The predicted molar refractivity (Wildman–Crippen MR) is 53.9 cm³/mol. The van der Waals surface area contributed by atoms with Gasteiger partial charge in [0, 0.05) is 15.5 Å². The summed E-state index contributed by atoms with van der Waals surface area (Å²) in [6.07, 6.45) is 0. The molecule has 1 heterocycles. The van der Waals surface area contributed by atoms with Gasteiger partial charge in [-0.2, -0.15) is 0 Å². The van der Waals surface area contributed by atoms with E-state index in [4.69, 9.17) is 5.73 Å². The SMILES string of the molecule is Nc1csc2ccc(F)c(Br)c12. The van der Waals surface area contributed by atoms with Crippen LogP contribution in [0.3, 0.4) is 0 Å². The van der Waals surface area contributed by atoms with Gasteiger partial charge in [-0.3, -0.25) is 0 Å². The van der Waals surface area contributed by atoms with Crippen molar-refractivity contribution in [1.29, 1.82) is 0 Å². The Morgan fingerprint density at radius 2 is 2.17 bits per heavy atom. The van der Waals surface area contributed by atoms with Crippen LogP contribution >= 0.6 is 27.3 Å². The van der Waals surface area contributed by atoms with Gasteiger partial charge in [-0.25, -0.2) is 4.39 Å². The molecule has 0 radical (unpaired) electrons. The summed E-state index contributed by atoms with van der Waals surface area (Å²) in [5.74, 6) is -0.271. The van der Waals surface area contributed by atoms with E-state index >= 15 is 0 Å². The summed E-state index contributed by atoms with van der Waals surface area (Å²) in [5, 5.41) is 2.59. The number of rotatable bonds is 0. The van der Waals surface area contributed by atoms with Crippen LogP contribution < -0.4 is 5.73 Å². The highest BCUT2D eigenvalue weighted by atomic mass is 79.9. The van der Waals surface area contributed by atoms with Gasteiger partial charge in [0.2, 0.25) is 0 Å². The summed E-state index contributed by atoms with van der Waals surface area (Å²) in [6.45, 7) is 0. The van der Waals surface area contributed by atoms with Crippen molar-refractivity contribution < 1.29 is 4.39 Å². The molecular formula is C8H5BrFNS. The lowest BCUT2D eigenvalue weighted by molar-refractivity contribution is 0.623. The van der Waals surface area contributed by atoms with E-state index in [0.29, 0.717) is 10.2 Å². The third-order valence-electron chi connectivity index (χ3n) is 1.66. The molecule has 0 amide bonds. The molecule has 2 rings (SSSR count). The van der Waals surface area contributed by atoms with Gasteiger partial charge in [0.15, 0.2) is 0 Å². The van der Waals surface area contributed by atoms with Gasteiger partial charge >= 0.3 is 0 Å². The van der Waals surface area contributed by atoms with Gasteiger partial charge in [0.25, 0.3) is 0 Å². The van der Waals surface area contributed by atoms with Gasteiger partial charge in [0.1, 0.15) is 5.82 Å². The first-order valence-electron chi connectivity index (χ1n) is 3.31. The Kier molecular flexibility index (Phi) is 1.81. The minimum Gasteiger partial charge on any atom is -0.398 e. The summed E-state index contributed by atoms with van der Waals surface area (Å²) in [6, 6.07) is 3.17. The molecule has 62 valence electrons. The zero-order chi connectivity index (χ0) is 8.72. The second kappa shape index (κ2) is 2.71. The van der Waals surface area contributed by atoms with Crippen molar-refractivity contribution in [2.45, 2.75) is 0 Å². The number of thiophene rings is 1. The second-order valence-electron chi connectivity index (χ2n) is 2.43. The molecule has 1 aromatic heterocycles. The summed E-state index contributed by atoms with van der Waals surface area (Å²) in [7, 11) is 0. The highest BCUT2D eigenvalue weighted by molar-refractivity contribution is 9.10. The maximum Gasteiger partial charge on any atom is 0.138 e. The minimum absolute atomic E-state index is 0.271. The highest BCUT2D eigenvalue weighted by Gasteiger charge is 2.08. The van der Waals surface area contributed by atoms with E-state index in [1.54, 1.807) is 6.07 Å². The first kappa shape index (κ1) is 8.01. The minimum atomic E-state index is -0.271. The zero-order valence-corrected chi connectivity index (χ0v) is 8.38. The van der Waals surface area contributed by atoms with Crippen molar-refractivity contribution in [2.24, 2.45) is 0 Å². The average molecular weight is 246 g/mol. The van der Waals surface area contributed by atoms with Crippen molar-refractivity contribution in [1.82, 2.24) is 0 Å². The molecule has 0 saturated heterocycles. The number of anilines is 1. The topological polar surface area (TPSA) is 26.0 Å². The highest BCUT2D eigenvalue weighted by Crippen LogP contribution is 2.35. The molecule has 2 aromatic rings. The number of hydrogen-bond donors (Lipinski definition) is 1. The van der Waals surface area contributed by atoms with Gasteiger partial charge in [-0.05, 0) is 28.1 Å². The molecule has 0 fully saturated rings. The molecule has 0 aliphatic rings. The molecule has 0 aliphatic heterocycles. The normalized spacial score (nSPS) is 10.8. The van der Waals surface area contributed by atoms with Gasteiger partial charge in [0.05, 0.1) is 10.2 Å². The van der Waals surface area contributed by atoms with E-state index in [9.17, 15) is 4.39 Å². The van der Waals surface area contributed by atoms with Crippen LogP contribution in [0.1, 0.15) is 0 Å². The van der Waals surface area contributed by atoms with Crippen LogP contribution in [-0.2, 0) is 0 Å². The summed E-state index contributed by atoms with van der Waals surface area (Å²) < 4.78 is 14.5. The Hall–Kier alpha value is -0.610. The molecule has 1 nitrogen and oxygen atoms in total. The quantitative estimate of drug-likeness (QED) is 0.757. The molecule has 4 heteroatoms. The van der Waals surface area contributed by atoms with Crippen LogP contribution in [0.5, 0.6) is 0 Å². The summed E-state index contributed by atoms with van der Waals surface area (Å²) in [4.78, 5) is 0. The molecule has 2 N–H and O–H groups in total. The number of hydrogen-bond acceptors (Lipinski definition) is 2. The molecule has 1 aromatic carbocycles. The average Bonchev–Trinajstić information content (AvgIpc) is 2.41. The van der Waals surface area contributed by atoms with Gasteiger partial charge < -0.3 is 5.73 Å². The van der Waals surface area contributed by atoms with Crippen LogP contribution in [0.25, 0.3) is 10.1 Å². The van der Waals surface area contributed by atoms with Gasteiger partial charge in [-0.15, -0.1) is 11.3 Å². The molecule has 0 atom stereocenters. The van der Waals surface area contributed by atoms with Crippen LogP contribution in [0, 0.1) is 5.82 Å². The van der Waals surface area contributed by atoms with E-state index in [1.165, 1.54) is 17.4 Å². The molecule has 0 aliphatic carbocycles. The zero-order valence-electron chi connectivity index (χ0n) is 5.97. The largest absolute Gasteiger partial charge is 0.398 e. The lowest BCUT2D eigenvalue weighted by atomic mass is 10.2.